The van der Waals surface area contributed by atoms with E-state index in [1.54, 1.807) is 6.07 Å². The topological polar surface area (TPSA) is 61.3 Å². The highest BCUT2D eigenvalue weighted by Gasteiger charge is 2.30. The summed E-state index contributed by atoms with van der Waals surface area (Å²) in [5, 5.41) is 0. The molecule has 2 aromatic rings. The summed E-state index contributed by atoms with van der Waals surface area (Å²) in [6, 6.07) is 14.0. The van der Waals surface area contributed by atoms with Gasteiger partial charge >= 0.3 is 0 Å². The number of nitrogen functional groups attached to an aromatic ring is 2. The minimum atomic E-state index is 0.570. The summed E-state index contributed by atoms with van der Waals surface area (Å²) in [7, 11) is 0. The van der Waals surface area contributed by atoms with Crippen LogP contribution in [0.15, 0.2) is 42.5 Å². The maximum absolute atomic E-state index is 6.00. The molecule has 2 aliphatic rings. The third kappa shape index (κ3) is 4.88. The van der Waals surface area contributed by atoms with E-state index in [2.05, 4.69) is 31.2 Å². The second-order valence-corrected chi connectivity index (χ2v) is 9.27. The molecule has 0 spiro atoms. The molecule has 0 radical (unpaired) electrons. The smallest absolute Gasteiger partial charge is 0.150 e. The van der Waals surface area contributed by atoms with Gasteiger partial charge in [-0.15, -0.1) is 0 Å². The summed E-state index contributed by atoms with van der Waals surface area (Å²) >= 11 is 0. The Morgan fingerprint density at radius 3 is 2.00 bits per heavy atom. The first-order valence-corrected chi connectivity index (χ1v) is 11.5. The molecule has 29 heavy (non-hydrogen) atoms. The molecule has 0 unspecified atom stereocenters. The second-order valence-electron chi connectivity index (χ2n) is 9.27. The Balaban J connectivity index is 1.30. The zero-order valence-electron chi connectivity index (χ0n) is 17.8. The predicted octanol–water partition coefficient (Wildman–Crippen LogP) is 7.13. The monoisotopic (exact) mass is 392 g/mol. The van der Waals surface area contributed by atoms with Crippen LogP contribution in [-0.4, -0.2) is 0 Å². The maximum Gasteiger partial charge on any atom is 0.150 e. The van der Waals surface area contributed by atoms with Crippen molar-refractivity contribution in [2.45, 2.75) is 70.6 Å². The molecule has 2 aliphatic carbocycles. The van der Waals surface area contributed by atoms with Crippen LogP contribution in [0.2, 0.25) is 0 Å². The van der Waals surface area contributed by atoms with E-state index in [0.717, 1.165) is 23.5 Å². The molecule has 3 heteroatoms. The average molecular weight is 393 g/mol. The number of hydrogen-bond donors (Lipinski definition) is 2. The summed E-state index contributed by atoms with van der Waals surface area (Å²) in [6.45, 7) is 2.36. The fourth-order valence-corrected chi connectivity index (χ4v) is 5.59. The van der Waals surface area contributed by atoms with Gasteiger partial charge in [0.25, 0.3) is 0 Å². The standard InChI is InChI=1S/C26H36N2O/c1-2-18-3-5-19(6-4-18)20-7-9-21(10-8-20)22-11-14-24(15-12-22)29-26-16-13-23(27)17-25(26)28/h11-21H,2-10,27-28H2,1H3. The molecule has 0 bridgehead atoms. The molecule has 2 saturated carbocycles. The Morgan fingerprint density at radius 2 is 1.41 bits per heavy atom. The molecular formula is C26H36N2O. The van der Waals surface area contributed by atoms with E-state index in [4.69, 9.17) is 16.2 Å². The van der Waals surface area contributed by atoms with E-state index < -0.39 is 0 Å². The van der Waals surface area contributed by atoms with Crippen molar-refractivity contribution in [3.8, 4) is 11.5 Å². The fourth-order valence-electron chi connectivity index (χ4n) is 5.59. The van der Waals surface area contributed by atoms with Gasteiger partial charge in [0.15, 0.2) is 0 Å². The Kier molecular flexibility index (Phi) is 6.32. The van der Waals surface area contributed by atoms with Crippen molar-refractivity contribution < 1.29 is 4.74 Å². The molecule has 156 valence electrons. The van der Waals surface area contributed by atoms with E-state index in [0.29, 0.717) is 23.0 Å². The van der Waals surface area contributed by atoms with Crippen LogP contribution in [0.5, 0.6) is 11.5 Å². The number of anilines is 2. The van der Waals surface area contributed by atoms with Crippen molar-refractivity contribution in [3.05, 3.63) is 48.0 Å². The van der Waals surface area contributed by atoms with Gasteiger partial charge in [-0.2, -0.15) is 0 Å². The Bertz CT molecular complexity index is 785. The highest BCUT2D eigenvalue weighted by molar-refractivity contribution is 5.61. The van der Waals surface area contributed by atoms with E-state index in [-0.39, 0.29) is 0 Å². The van der Waals surface area contributed by atoms with Crippen molar-refractivity contribution >= 4 is 11.4 Å². The van der Waals surface area contributed by atoms with Crippen LogP contribution < -0.4 is 16.2 Å². The molecular weight excluding hydrogens is 356 g/mol. The molecule has 0 heterocycles. The molecule has 0 atom stereocenters. The molecule has 2 aromatic carbocycles. The molecule has 2 fully saturated rings. The molecule has 4 rings (SSSR count). The average Bonchev–Trinajstić information content (AvgIpc) is 2.76. The van der Waals surface area contributed by atoms with Crippen molar-refractivity contribution in [1.29, 1.82) is 0 Å². The maximum atomic E-state index is 6.00. The van der Waals surface area contributed by atoms with Crippen LogP contribution in [-0.2, 0) is 0 Å². The zero-order chi connectivity index (χ0) is 20.2. The van der Waals surface area contributed by atoms with E-state index in [9.17, 15) is 0 Å². The third-order valence-corrected chi connectivity index (χ3v) is 7.52. The fraction of sp³-hybridized carbons (Fsp3) is 0.538. The molecule has 3 nitrogen and oxygen atoms in total. The van der Waals surface area contributed by atoms with E-state index >= 15 is 0 Å². The first kappa shape index (κ1) is 20.1. The molecule has 0 saturated heterocycles. The van der Waals surface area contributed by atoms with Gasteiger partial charge in [0, 0.05) is 5.69 Å². The van der Waals surface area contributed by atoms with Crippen molar-refractivity contribution in [3.63, 3.8) is 0 Å². The van der Waals surface area contributed by atoms with Gasteiger partial charge in [-0.25, -0.2) is 0 Å². The molecule has 0 aliphatic heterocycles. The zero-order valence-corrected chi connectivity index (χ0v) is 17.8. The number of hydrogen-bond acceptors (Lipinski definition) is 3. The number of ether oxygens (including phenoxy) is 1. The number of nitrogens with two attached hydrogens (primary N) is 2. The van der Waals surface area contributed by atoms with Gasteiger partial charge in [-0.1, -0.05) is 38.3 Å². The van der Waals surface area contributed by atoms with Crippen LogP contribution in [0.4, 0.5) is 11.4 Å². The lowest BCUT2D eigenvalue weighted by Crippen LogP contribution is -2.25. The molecule has 0 amide bonds. The second kappa shape index (κ2) is 9.11. The van der Waals surface area contributed by atoms with Gasteiger partial charge in [-0.3, -0.25) is 0 Å². The lowest BCUT2D eigenvalue weighted by Gasteiger charge is -2.38. The SMILES string of the molecule is CCC1CCC(C2CCC(c3ccc(Oc4ccc(N)cc4N)cc3)CC2)CC1. The van der Waals surface area contributed by atoms with Gasteiger partial charge in [0.2, 0.25) is 0 Å². The summed E-state index contributed by atoms with van der Waals surface area (Å²) in [5.41, 5.74) is 14.4. The quantitative estimate of drug-likeness (QED) is 0.532. The lowest BCUT2D eigenvalue weighted by atomic mass is 9.68. The van der Waals surface area contributed by atoms with E-state index in [1.807, 2.05) is 12.1 Å². The highest BCUT2D eigenvalue weighted by Crippen LogP contribution is 2.44. The van der Waals surface area contributed by atoms with Crippen LogP contribution in [0.3, 0.4) is 0 Å². The van der Waals surface area contributed by atoms with Crippen molar-refractivity contribution in [2.24, 2.45) is 17.8 Å². The Morgan fingerprint density at radius 1 is 0.793 bits per heavy atom. The van der Waals surface area contributed by atoms with E-state index in [1.165, 1.54) is 63.4 Å². The molecule has 4 N–H and O–H groups in total. The minimum Gasteiger partial charge on any atom is -0.455 e. The Labute approximate surface area is 175 Å². The van der Waals surface area contributed by atoms with Gasteiger partial charge in [0.1, 0.15) is 11.5 Å². The predicted molar refractivity (Wildman–Crippen MR) is 122 cm³/mol. The molecule has 0 aromatic heterocycles. The van der Waals surface area contributed by atoms with Crippen LogP contribution in [0.1, 0.15) is 76.2 Å². The summed E-state index contributed by atoms with van der Waals surface area (Å²) in [6.07, 6.45) is 12.8. The first-order chi connectivity index (χ1) is 14.1. The number of rotatable bonds is 5. The largest absolute Gasteiger partial charge is 0.455 e. The lowest BCUT2D eigenvalue weighted by molar-refractivity contribution is 0.158. The Hall–Kier alpha value is -2.16. The van der Waals surface area contributed by atoms with Crippen molar-refractivity contribution in [1.82, 2.24) is 0 Å². The third-order valence-electron chi connectivity index (χ3n) is 7.52. The first-order valence-electron chi connectivity index (χ1n) is 11.5. The van der Waals surface area contributed by atoms with Crippen LogP contribution in [0.25, 0.3) is 0 Å². The van der Waals surface area contributed by atoms with Crippen LogP contribution >= 0.6 is 0 Å². The summed E-state index contributed by atoms with van der Waals surface area (Å²) < 4.78 is 5.94. The van der Waals surface area contributed by atoms with Crippen LogP contribution in [0, 0.1) is 17.8 Å². The van der Waals surface area contributed by atoms with Crippen molar-refractivity contribution in [2.75, 3.05) is 11.5 Å². The van der Waals surface area contributed by atoms with Gasteiger partial charge in [-0.05, 0) is 98.1 Å². The highest BCUT2D eigenvalue weighted by atomic mass is 16.5. The summed E-state index contributed by atoms with van der Waals surface area (Å²) in [4.78, 5) is 0. The number of benzene rings is 2. The van der Waals surface area contributed by atoms with Gasteiger partial charge < -0.3 is 16.2 Å². The minimum absolute atomic E-state index is 0.570. The summed E-state index contributed by atoms with van der Waals surface area (Å²) in [5.74, 6) is 5.16. The normalized spacial score (nSPS) is 27.5. The van der Waals surface area contributed by atoms with Gasteiger partial charge in [0.05, 0.1) is 5.69 Å².